The lowest BCUT2D eigenvalue weighted by Gasteiger charge is -2.37. The molecule has 5 nitrogen and oxygen atoms in total. The fourth-order valence-electron chi connectivity index (χ4n) is 4.56. The molecule has 1 aromatic carbocycles. The van der Waals surface area contributed by atoms with Crippen LogP contribution in [0.3, 0.4) is 0 Å². The second kappa shape index (κ2) is 7.45. The molecule has 0 unspecified atom stereocenters. The van der Waals surface area contributed by atoms with Crippen LogP contribution in [0.25, 0.3) is 0 Å². The maximum atomic E-state index is 13.4. The Bertz CT molecular complexity index is 796. The van der Waals surface area contributed by atoms with E-state index in [1.165, 1.54) is 19.3 Å². The Hall–Kier alpha value is -2.17. The fourth-order valence-corrected chi connectivity index (χ4v) is 4.56. The molecule has 0 spiro atoms. The molecule has 0 N–H and O–H groups in total. The summed E-state index contributed by atoms with van der Waals surface area (Å²) in [5, 5.41) is 9.02. The number of aromatic nitrogens is 3. The van der Waals surface area contributed by atoms with Gasteiger partial charge in [0.25, 0.3) is 0 Å². The summed E-state index contributed by atoms with van der Waals surface area (Å²) < 4.78 is 2.34. The van der Waals surface area contributed by atoms with E-state index >= 15 is 0 Å². The molecule has 4 rings (SSSR count). The van der Waals surface area contributed by atoms with Gasteiger partial charge < -0.3 is 9.47 Å². The fraction of sp³-hybridized carbons (Fsp3) is 0.591. The van der Waals surface area contributed by atoms with E-state index in [0.717, 1.165) is 56.1 Å². The van der Waals surface area contributed by atoms with E-state index in [0.29, 0.717) is 5.92 Å². The van der Waals surface area contributed by atoms with Crippen molar-refractivity contribution in [3.8, 4) is 0 Å². The lowest BCUT2D eigenvalue weighted by atomic mass is 9.82. The van der Waals surface area contributed by atoms with Gasteiger partial charge in [0, 0.05) is 32.0 Å². The summed E-state index contributed by atoms with van der Waals surface area (Å²) in [6, 6.07) is 10.1. The molecule has 2 aliphatic rings. The molecule has 5 heteroatoms. The van der Waals surface area contributed by atoms with E-state index in [1.54, 1.807) is 0 Å². The number of carbonyl (C=O) groups excluding carboxylic acids is 1. The van der Waals surface area contributed by atoms with Crippen molar-refractivity contribution in [2.75, 3.05) is 13.1 Å². The molecule has 1 fully saturated rings. The minimum atomic E-state index is -0.509. The summed E-state index contributed by atoms with van der Waals surface area (Å²) in [6.07, 6.45) is 6.83. The Labute approximate surface area is 161 Å². The van der Waals surface area contributed by atoms with Gasteiger partial charge >= 0.3 is 0 Å². The highest BCUT2D eigenvalue weighted by atomic mass is 16.2. The van der Waals surface area contributed by atoms with Gasteiger partial charge in [0.05, 0.1) is 5.41 Å². The van der Waals surface area contributed by atoms with Crippen molar-refractivity contribution in [1.82, 2.24) is 19.7 Å². The van der Waals surface area contributed by atoms with Crippen LogP contribution in [0.2, 0.25) is 0 Å². The maximum Gasteiger partial charge on any atom is 0.232 e. The SMILES string of the molecule is CC(C)(C(=O)N1CCC[C@@H](c2nnc3n2CCCCC3)C1)c1ccccc1. The monoisotopic (exact) mass is 366 g/mol. The van der Waals surface area contributed by atoms with Crippen LogP contribution in [0, 0.1) is 0 Å². The first-order valence-electron chi connectivity index (χ1n) is 10.3. The predicted octanol–water partition coefficient (Wildman–Crippen LogP) is 3.69. The predicted molar refractivity (Wildman–Crippen MR) is 106 cm³/mol. The number of rotatable bonds is 3. The number of carbonyl (C=O) groups is 1. The zero-order chi connectivity index (χ0) is 18.9. The molecule has 27 heavy (non-hydrogen) atoms. The Morgan fingerprint density at radius 1 is 1.04 bits per heavy atom. The lowest BCUT2D eigenvalue weighted by molar-refractivity contribution is -0.137. The normalized spacial score (nSPS) is 20.8. The van der Waals surface area contributed by atoms with Crippen molar-refractivity contribution in [2.24, 2.45) is 0 Å². The zero-order valence-corrected chi connectivity index (χ0v) is 16.5. The summed E-state index contributed by atoms with van der Waals surface area (Å²) in [5.74, 6) is 2.75. The minimum Gasteiger partial charge on any atom is -0.341 e. The molecule has 0 saturated carbocycles. The maximum absolute atomic E-state index is 13.4. The van der Waals surface area contributed by atoms with Gasteiger partial charge in [-0.25, -0.2) is 0 Å². The average molecular weight is 367 g/mol. The van der Waals surface area contributed by atoms with E-state index in [4.69, 9.17) is 0 Å². The summed E-state index contributed by atoms with van der Waals surface area (Å²) in [7, 11) is 0. The molecule has 144 valence electrons. The molecule has 1 amide bonds. The Morgan fingerprint density at radius 3 is 2.67 bits per heavy atom. The second-order valence-corrected chi connectivity index (χ2v) is 8.52. The molecular weight excluding hydrogens is 336 g/mol. The van der Waals surface area contributed by atoms with Crippen LogP contribution in [-0.4, -0.2) is 38.7 Å². The third kappa shape index (κ3) is 3.52. The third-order valence-corrected chi connectivity index (χ3v) is 6.24. The molecule has 0 aliphatic carbocycles. The summed E-state index contributed by atoms with van der Waals surface area (Å²) in [5.41, 5.74) is 0.568. The Kier molecular flexibility index (Phi) is 5.02. The van der Waals surface area contributed by atoms with E-state index in [2.05, 4.69) is 31.8 Å². The topological polar surface area (TPSA) is 51.0 Å². The number of hydrogen-bond acceptors (Lipinski definition) is 3. The van der Waals surface area contributed by atoms with Gasteiger partial charge in [-0.05, 0) is 45.1 Å². The molecule has 3 heterocycles. The van der Waals surface area contributed by atoms with Crippen LogP contribution in [0.15, 0.2) is 30.3 Å². The first-order valence-corrected chi connectivity index (χ1v) is 10.3. The number of amides is 1. The van der Waals surface area contributed by atoms with Gasteiger partial charge in [-0.15, -0.1) is 10.2 Å². The van der Waals surface area contributed by atoms with Gasteiger partial charge in [-0.2, -0.15) is 0 Å². The minimum absolute atomic E-state index is 0.217. The largest absolute Gasteiger partial charge is 0.341 e. The number of benzene rings is 1. The molecule has 0 bridgehead atoms. The van der Waals surface area contributed by atoms with Crippen LogP contribution in [-0.2, 0) is 23.2 Å². The van der Waals surface area contributed by atoms with Crippen LogP contribution in [0.4, 0.5) is 0 Å². The first kappa shape index (κ1) is 18.2. The lowest BCUT2D eigenvalue weighted by Crippen LogP contribution is -2.47. The number of nitrogens with zero attached hydrogens (tertiary/aromatic N) is 4. The first-order chi connectivity index (χ1) is 13.1. The van der Waals surface area contributed by atoms with Crippen molar-refractivity contribution in [3.63, 3.8) is 0 Å². The smallest absolute Gasteiger partial charge is 0.232 e. The zero-order valence-electron chi connectivity index (χ0n) is 16.5. The van der Waals surface area contributed by atoms with Crippen molar-refractivity contribution in [1.29, 1.82) is 0 Å². The van der Waals surface area contributed by atoms with E-state index in [-0.39, 0.29) is 5.91 Å². The van der Waals surface area contributed by atoms with Gasteiger partial charge in [0.1, 0.15) is 11.6 Å². The molecular formula is C22H30N4O. The molecule has 1 saturated heterocycles. The van der Waals surface area contributed by atoms with Gasteiger partial charge in [-0.1, -0.05) is 36.8 Å². The van der Waals surface area contributed by atoms with Crippen LogP contribution >= 0.6 is 0 Å². The molecule has 0 radical (unpaired) electrons. The number of likely N-dealkylation sites (tertiary alicyclic amines) is 1. The summed E-state index contributed by atoms with van der Waals surface area (Å²) >= 11 is 0. The standard InChI is InChI=1S/C22H30N4O/c1-22(2,18-11-5-3-6-12-18)21(27)25-14-9-10-17(16-25)20-24-23-19-13-7-4-8-15-26(19)20/h3,5-6,11-12,17H,4,7-10,13-16H2,1-2H3/t17-/m1/s1. The van der Waals surface area contributed by atoms with Gasteiger partial charge in [0.15, 0.2) is 0 Å². The van der Waals surface area contributed by atoms with E-state index in [1.807, 2.05) is 32.0 Å². The number of fused-ring (bicyclic) bond motifs is 1. The summed E-state index contributed by atoms with van der Waals surface area (Å²) in [4.78, 5) is 15.4. The molecule has 1 aromatic heterocycles. The molecule has 1 atom stereocenters. The van der Waals surface area contributed by atoms with Crippen molar-refractivity contribution < 1.29 is 4.79 Å². The average Bonchev–Trinajstić information content (AvgIpc) is 2.96. The van der Waals surface area contributed by atoms with Crippen LogP contribution < -0.4 is 0 Å². The molecule has 2 aliphatic heterocycles. The second-order valence-electron chi connectivity index (χ2n) is 8.52. The Morgan fingerprint density at radius 2 is 1.85 bits per heavy atom. The van der Waals surface area contributed by atoms with E-state index < -0.39 is 5.41 Å². The summed E-state index contributed by atoms with van der Waals surface area (Å²) in [6.45, 7) is 6.70. The van der Waals surface area contributed by atoms with Crippen molar-refractivity contribution >= 4 is 5.91 Å². The quantitative estimate of drug-likeness (QED) is 0.832. The number of piperidine rings is 1. The highest BCUT2D eigenvalue weighted by Crippen LogP contribution is 2.32. The van der Waals surface area contributed by atoms with Gasteiger partial charge in [0.2, 0.25) is 5.91 Å². The highest BCUT2D eigenvalue weighted by Gasteiger charge is 2.37. The van der Waals surface area contributed by atoms with Crippen LogP contribution in [0.5, 0.6) is 0 Å². The highest BCUT2D eigenvalue weighted by molar-refractivity contribution is 5.87. The van der Waals surface area contributed by atoms with Crippen molar-refractivity contribution in [3.05, 3.63) is 47.5 Å². The Balaban J connectivity index is 1.53. The van der Waals surface area contributed by atoms with Gasteiger partial charge in [-0.3, -0.25) is 4.79 Å². The van der Waals surface area contributed by atoms with Crippen LogP contribution in [0.1, 0.15) is 69.1 Å². The van der Waals surface area contributed by atoms with E-state index in [9.17, 15) is 4.79 Å². The number of hydrogen-bond donors (Lipinski definition) is 0. The number of aryl methyl sites for hydroxylation is 1. The van der Waals surface area contributed by atoms with Crippen molar-refractivity contribution in [2.45, 2.75) is 70.3 Å². The molecule has 2 aromatic rings. The third-order valence-electron chi connectivity index (χ3n) is 6.24.